The number of hydrogen-bond donors (Lipinski definition) is 2. The maximum Gasteiger partial charge on any atom is 0.238 e. The quantitative estimate of drug-likeness (QED) is 0.879. The first-order chi connectivity index (χ1) is 11.8. The molecule has 25 heavy (non-hydrogen) atoms. The molecule has 1 heterocycles. The van der Waals surface area contributed by atoms with Crippen LogP contribution in [0.3, 0.4) is 0 Å². The number of anilines is 1. The SMILES string of the molecule is CC(C)(C)NC(=O)[C@@H]1CCCCN1CC(=O)Nc1cccc(C#N)c1. The summed E-state index contributed by atoms with van der Waals surface area (Å²) in [4.78, 5) is 26.8. The molecule has 2 rings (SSSR count). The predicted octanol–water partition coefficient (Wildman–Crippen LogP) is 2.27. The molecule has 0 aliphatic carbocycles. The van der Waals surface area contributed by atoms with Crippen LogP contribution in [-0.4, -0.2) is 41.4 Å². The largest absolute Gasteiger partial charge is 0.350 e. The van der Waals surface area contributed by atoms with Gasteiger partial charge in [0.1, 0.15) is 0 Å². The second-order valence-electron chi connectivity index (χ2n) is 7.46. The fraction of sp³-hybridized carbons (Fsp3) is 0.526. The molecule has 6 nitrogen and oxygen atoms in total. The number of nitrogens with one attached hydrogen (secondary N) is 2. The van der Waals surface area contributed by atoms with Gasteiger partial charge in [0.2, 0.25) is 11.8 Å². The van der Waals surface area contributed by atoms with Gasteiger partial charge in [0.25, 0.3) is 0 Å². The lowest BCUT2D eigenvalue weighted by molar-refractivity contribution is -0.130. The molecule has 1 aliphatic heterocycles. The fourth-order valence-electron chi connectivity index (χ4n) is 2.98. The van der Waals surface area contributed by atoms with E-state index in [-0.39, 0.29) is 29.9 Å². The molecule has 1 aromatic rings. The Bertz CT molecular complexity index is 673. The Morgan fingerprint density at radius 3 is 2.76 bits per heavy atom. The number of likely N-dealkylation sites (tertiary alicyclic amines) is 1. The fourth-order valence-corrected chi connectivity index (χ4v) is 2.98. The van der Waals surface area contributed by atoms with Crippen molar-refractivity contribution in [2.45, 2.75) is 51.6 Å². The Labute approximate surface area is 149 Å². The number of piperidine rings is 1. The minimum absolute atomic E-state index is 0.0218. The van der Waals surface area contributed by atoms with Crippen LogP contribution in [0.15, 0.2) is 24.3 Å². The van der Waals surface area contributed by atoms with E-state index in [2.05, 4.69) is 16.7 Å². The van der Waals surface area contributed by atoms with E-state index in [1.807, 2.05) is 25.7 Å². The maximum absolute atomic E-state index is 12.5. The second-order valence-corrected chi connectivity index (χ2v) is 7.46. The normalized spacial score (nSPS) is 18.2. The van der Waals surface area contributed by atoms with Gasteiger partial charge >= 0.3 is 0 Å². The molecule has 1 aliphatic rings. The standard InChI is InChI=1S/C19H26N4O2/c1-19(2,3)22-18(25)16-9-4-5-10-23(16)13-17(24)21-15-8-6-7-14(11-15)12-20/h6-8,11,16H,4-5,9-10,13H2,1-3H3,(H,21,24)(H,22,25)/t16-/m0/s1. The predicted molar refractivity (Wildman–Crippen MR) is 96.9 cm³/mol. The van der Waals surface area contributed by atoms with Crippen LogP contribution in [0.25, 0.3) is 0 Å². The number of nitrogens with zero attached hydrogens (tertiary/aromatic N) is 2. The Morgan fingerprint density at radius 1 is 1.32 bits per heavy atom. The first kappa shape index (κ1) is 18.9. The number of rotatable bonds is 4. The monoisotopic (exact) mass is 342 g/mol. The third kappa shape index (κ3) is 5.87. The van der Waals surface area contributed by atoms with Crippen LogP contribution in [0.1, 0.15) is 45.6 Å². The van der Waals surface area contributed by atoms with Crippen LogP contribution < -0.4 is 10.6 Å². The smallest absolute Gasteiger partial charge is 0.238 e. The van der Waals surface area contributed by atoms with E-state index in [0.717, 1.165) is 25.8 Å². The first-order valence-electron chi connectivity index (χ1n) is 8.64. The van der Waals surface area contributed by atoms with E-state index in [0.29, 0.717) is 11.3 Å². The van der Waals surface area contributed by atoms with Gasteiger partial charge in [-0.05, 0) is 58.4 Å². The van der Waals surface area contributed by atoms with Gasteiger partial charge in [-0.15, -0.1) is 0 Å². The van der Waals surface area contributed by atoms with Gasteiger partial charge in [0.15, 0.2) is 0 Å². The average Bonchev–Trinajstić information content (AvgIpc) is 2.53. The number of hydrogen-bond acceptors (Lipinski definition) is 4. The minimum atomic E-state index is -0.291. The molecule has 1 atom stereocenters. The highest BCUT2D eigenvalue weighted by molar-refractivity contribution is 5.93. The lowest BCUT2D eigenvalue weighted by Crippen LogP contribution is -2.55. The molecule has 2 N–H and O–H groups in total. The zero-order chi connectivity index (χ0) is 18.4. The summed E-state index contributed by atoms with van der Waals surface area (Å²) in [5.41, 5.74) is 0.801. The van der Waals surface area contributed by atoms with Crippen LogP contribution in [0, 0.1) is 11.3 Å². The zero-order valence-electron chi connectivity index (χ0n) is 15.1. The molecular weight excluding hydrogens is 316 g/mol. The highest BCUT2D eigenvalue weighted by Crippen LogP contribution is 2.18. The molecule has 0 spiro atoms. The molecule has 0 unspecified atom stereocenters. The molecule has 0 bridgehead atoms. The molecule has 1 fully saturated rings. The maximum atomic E-state index is 12.5. The second kappa shape index (κ2) is 8.13. The molecule has 6 heteroatoms. The van der Waals surface area contributed by atoms with Gasteiger partial charge < -0.3 is 10.6 Å². The Balaban J connectivity index is 1.99. The Morgan fingerprint density at radius 2 is 2.08 bits per heavy atom. The zero-order valence-corrected chi connectivity index (χ0v) is 15.1. The summed E-state index contributed by atoms with van der Waals surface area (Å²) < 4.78 is 0. The van der Waals surface area contributed by atoms with E-state index in [1.165, 1.54) is 0 Å². The molecule has 2 amide bonds. The molecule has 0 aromatic heterocycles. The summed E-state index contributed by atoms with van der Waals surface area (Å²) in [5.74, 6) is -0.197. The number of carbonyl (C=O) groups is 2. The third-order valence-corrected chi connectivity index (χ3v) is 4.04. The van der Waals surface area contributed by atoms with Crippen molar-refractivity contribution < 1.29 is 9.59 Å². The van der Waals surface area contributed by atoms with Crippen molar-refractivity contribution in [1.29, 1.82) is 5.26 Å². The topological polar surface area (TPSA) is 85.2 Å². The average molecular weight is 342 g/mol. The van der Waals surface area contributed by atoms with E-state index in [9.17, 15) is 9.59 Å². The highest BCUT2D eigenvalue weighted by Gasteiger charge is 2.31. The number of nitriles is 1. The summed E-state index contributed by atoms with van der Waals surface area (Å²) in [6.07, 6.45) is 2.74. The van der Waals surface area contributed by atoms with Crippen molar-refractivity contribution in [2.75, 3.05) is 18.4 Å². The minimum Gasteiger partial charge on any atom is -0.350 e. The molecule has 1 saturated heterocycles. The van der Waals surface area contributed by atoms with Crippen molar-refractivity contribution in [1.82, 2.24) is 10.2 Å². The van der Waals surface area contributed by atoms with Gasteiger partial charge in [-0.3, -0.25) is 14.5 Å². The van der Waals surface area contributed by atoms with E-state index in [4.69, 9.17) is 5.26 Å². The lowest BCUT2D eigenvalue weighted by atomic mass is 9.99. The molecule has 0 radical (unpaired) electrons. The number of carbonyl (C=O) groups excluding carboxylic acids is 2. The van der Waals surface area contributed by atoms with Gasteiger partial charge in [-0.2, -0.15) is 5.26 Å². The van der Waals surface area contributed by atoms with Crippen LogP contribution in [0.2, 0.25) is 0 Å². The Kier molecular flexibility index (Phi) is 6.16. The highest BCUT2D eigenvalue weighted by atomic mass is 16.2. The number of benzene rings is 1. The molecule has 1 aromatic carbocycles. The van der Waals surface area contributed by atoms with Crippen molar-refractivity contribution in [3.8, 4) is 6.07 Å². The Hall–Kier alpha value is -2.39. The number of amides is 2. The summed E-state index contributed by atoms with van der Waals surface area (Å²) >= 11 is 0. The van der Waals surface area contributed by atoms with Crippen LogP contribution in [-0.2, 0) is 9.59 Å². The summed E-state index contributed by atoms with van der Waals surface area (Å²) in [7, 11) is 0. The van der Waals surface area contributed by atoms with Gasteiger partial charge in [0.05, 0.1) is 24.2 Å². The van der Waals surface area contributed by atoms with Gasteiger partial charge in [0, 0.05) is 11.2 Å². The molecule has 134 valence electrons. The van der Waals surface area contributed by atoms with E-state index < -0.39 is 0 Å². The van der Waals surface area contributed by atoms with Crippen molar-refractivity contribution >= 4 is 17.5 Å². The summed E-state index contributed by atoms with van der Waals surface area (Å²) in [5, 5.41) is 14.7. The van der Waals surface area contributed by atoms with E-state index in [1.54, 1.807) is 24.3 Å². The van der Waals surface area contributed by atoms with Crippen molar-refractivity contribution in [3.63, 3.8) is 0 Å². The van der Waals surface area contributed by atoms with Crippen molar-refractivity contribution in [2.24, 2.45) is 0 Å². The van der Waals surface area contributed by atoms with Gasteiger partial charge in [-0.25, -0.2) is 0 Å². The van der Waals surface area contributed by atoms with E-state index >= 15 is 0 Å². The third-order valence-electron chi connectivity index (χ3n) is 4.04. The summed E-state index contributed by atoms with van der Waals surface area (Å²) in [6, 6.07) is 8.58. The summed E-state index contributed by atoms with van der Waals surface area (Å²) in [6.45, 7) is 6.75. The first-order valence-corrected chi connectivity index (χ1v) is 8.64. The van der Waals surface area contributed by atoms with Crippen LogP contribution in [0.4, 0.5) is 5.69 Å². The lowest BCUT2D eigenvalue weighted by Gasteiger charge is -2.35. The van der Waals surface area contributed by atoms with Gasteiger partial charge in [-0.1, -0.05) is 12.5 Å². The molecular formula is C19H26N4O2. The van der Waals surface area contributed by atoms with Crippen molar-refractivity contribution in [3.05, 3.63) is 29.8 Å². The molecule has 0 saturated carbocycles. The van der Waals surface area contributed by atoms with Crippen LogP contribution >= 0.6 is 0 Å². The van der Waals surface area contributed by atoms with Crippen LogP contribution in [0.5, 0.6) is 0 Å².